The Hall–Kier alpha value is -7.86. The van der Waals surface area contributed by atoms with Gasteiger partial charge in [0.15, 0.2) is 5.69 Å². The molecular weight excluding hydrogens is 671 g/mol. The van der Waals surface area contributed by atoms with Crippen molar-refractivity contribution in [1.29, 1.82) is 5.26 Å². The maximum Gasteiger partial charge on any atom is 0.188 e. The quantitative estimate of drug-likeness (QED) is 0.169. The molecule has 8 aromatic carbocycles. The van der Waals surface area contributed by atoms with Crippen molar-refractivity contribution in [1.82, 2.24) is 13.7 Å². The number of nitrogens with zero attached hydrogens (tertiary/aromatic N) is 5. The van der Waals surface area contributed by atoms with Crippen molar-refractivity contribution in [3.8, 4) is 34.3 Å². The number of nitriles is 1. The molecule has 0 N–H and O–H groups in total. The van der Waals surface area contributed by atoms with E-state index in [1.165, 1.54) is 10.8 Å². The van der Waals surface area contributed by atoms with Gasteiger partial charge in [0.1, 0.15) is 6.07 Å². The third-order valence-corrected chi connectivity index (χ3v) is 11.1. The van der Waals surface area contributed by atoms with Crippen LogP contribution in [0.3, 0.4) is 0 Å². The third kappa shape index (κ3) is 4.33. The molecule has 11 aromatic rings. The molecule has 0 aliphatic heterocycles. The first kappa shape index (κ1) is 30.7. The molecule has 3 heterocycles. The SMILES string of the molecule is [C-]#[N+]c1ccc2c(c1)c1ccccc1n2-c1ccccc1-c1cccc(C#N)c1-n1c2ccccc2c2c(-n3c4ccccc4c4ccccc43)cccc21. The van der Waals surface area contributed by atoms with Crippen LogP contribution in [0.15, 0.2) is 176 Å². The van der Waals surface area contributed by atoms with Gasteiger partial charge in [0.2, 0.25) is 0 Å². The van der Waals surface area contributed by atoms with E-state index in [1.54, 1.807) is 0 Å². The molecule has 0 atom stereocenters. The highest BCUT2D eigenvalue weighted by molar-refractivity contribution is 6.17. The molecule has 55 heavy (non-hydrogen) atoms. The van der Waals surface area contributed by atoms with Crippen LogP contribution in [-0.2, 0) is 0 Å². The van der Waals surface area contributed by atoms with Crippen molar-refractivity contribution in [2.24, 2.45) is 0 Å². The Morgan fingerprint density at radius 3 is 1.58 bits per heavy atom. The molecular formula is C50H29N5. The lowest BCUT2D eigenvalue weighted by atomic mass is 9.98. The Kier molecular flexibility index (Phi) is 6.61. The van der Waals surface area contributed by atoms with Gasteiger partial charge in [-0.25, -0.2) is 4.85 Å². The van der Waals surface area contributed by atoms with Crippen LogP contribution in [-0.4, -0.2) is 13.7 Å². The Morgan fingerprint density at radius 1 is 0.418 bits per heavy atom. The topological polar surface area (TPSA) is 42.9 Å². The lowest BCUT2D eigenvalue weighted by Gasteiger charge is -2.19. The molecule has 0 saturated carbocycles. The summed E-state index contributed by atoms with van der Waals surface area (Å²) in [7, 11) is 0. The largest absolute Gasteiger partial charge is 0.309 e. The van der Waals surface area contributed by atoms with Crippen LogP contribution in [0.5, 0.6) is 0 Å². The highest BCUT2D eigenvalue weighted by Gasteiger charge is 2.24. The summed E-state index contributed by atoms with van der Waals surface area (Å²) in [5.41, 5.74) is 12.5. The van der Waals surface area contributed by atoms with Crippen molar-refractivity contribution >= 4 is 71.1 Å². The number of fused-ring (bicyclic) bond motifs is 9. The first-order valence-corrected chi connectivity index (χ1v) is 18.3. The second-order valence-corrected chi connectivity index (χ2v) is 13.9. The first-order valence-electron chi connectivity index (χ1n) is 18.3. The smallest absolute Gasteiger partial charge is 0.188 e. The molecule has 3 aromatic heterocycles. The summed E-state index contributed by atoms with van der Waals surface area (Å²) in [4.78, 5) is 3.74. The molecule has 5 nitrogen and oxygen atoms in total. The molecule has 0 saturated heterocycles. The Labute approximate surface area is 316 Å². The van der Waals surface area contributed by atoms with Gasteiger partial charge in [-0.1, -0.05) is 115 Å². The summed E-state index contributed by atoms with van der Waals surface area (Å²) in [6, 6.07) is 63.6. The third-order valence-electron chi connectivity index (χ3n) is 11.1. The predicted molar refractivity (Wildman–Crippen MR) is 226 cm³/mol. The summed E-state index contributed by atoms with van der Waals surface area (Å²) >= 11 is 0. The van der Waals surface area contributed by atoms with Gasteiger partial charge in [-0.2, -0.15) is 5.26 Å². The van der Waals surface area contributed by atoms with E-state index in [0.717, 1.165) is 82.8 Å². The molecule has 0 fully saturated rings. The molecule has 0 radical (unpaired) electrons. The van der Waals surface area contributed by atoms with Gasteiger partial charge >= 0.3 is 0 Å². The van der Waals surface area contributed by atoms with Crippen molar-refractivity contribution in [3.63, 3.8) is 0 Å². The summed E-state index contributed by atoms with van der Waals surface area (Å²) in [6.07, 6.45) is 0. The van der Waals surface area contributed by atoms with Gasteiger partial charge in [-0.15, -0.1) is 0 Å². The minimum absolute atomic E-state index is 0.584. The Bertz CT molecular complexity index is 3420. The van der Waals surface area contributed by atoms with E-state index in [9.17, 15) is 5.26 Å². The molecule has 0 aliphatic rings. The van der Waals surface area contributed by atoms with E-state index in [4.69, 9.17) is 6.57 Å². The van der Waals surface area contributed by atoms with Crippen LogP contribution in [0.25, 0.3) is 98.5 Å². The van der Waals surface area contributed by atoms with Gasteiger partial charge in [0.05, 0.1) is 62.3 Å². The monoisotopic (exact) mass is 699 g/mol. The van der Waals surface area contributed by atoms with Crippen molar-refractivity contribution < 1.29 is 0 Å². The van der Waals surface area contributed by atoms with E-state index >= 15 is 0 Å². The van der Waals surface area contributed by atoms with E-state index in [0.29, 0.717) is 11.3 Å². The summed E-state index contributed by atoms with van der Waals surface area (Å²) in [6.45, 7) is 7.70. The summed E-state index contributed by atoms with van der Waals surface area (Å²) < 4.78 is 6.97. The van der Waals surface area contributed by atoms with Crippen molar-refractivity contribution in [2.45, 2.75) is 0 Å². The van der Waals surface area contributed by atoms with Gasteiger partial charge in [0, 0.05) is 38.1 Å². The van der Waals surface area contributed by atoms with Gasteiger partial charge < -0.3 is 13.7 Å². The van der Waals surface area contributed by atoms with E-state index in [-0.39, 0.29) is 0 Å². The molecule has 0 amide bonds. The van der Waals surface area contributed by atoms with E-state index < -0.39 is 0 Å². The van der Waals surface area contributed by atoms with Crippen molar-refractivity contribution in [2.75, 3.05) is 0 Å². The van der Waals surface area contributed by atoms with Crippen LogP contribution in [0.4, 0.5) is 5.69 Å². The lowest BCUT2D eigenvalue weighted by Crippen LogP contribution is -2.03. The van der Waals surface area contributed by atoms with Crippen LogP contribution >= 0.6 is 0 Å². The minimum Gasteiger partial charge on any atom is -0.309 e. The molecule has 0 unspecified atom stereocenters. The summed E-state index contributed by atoms with van der Waals surface area (Å²) in [5.74, 6) is 0. The zero-order valence-electron chi connectivity index (χ0n) is 29.5. The van der Waals surface area contributed by atoms with Gasteiger partial charge in [0.25, 0.3) is 0 Å². The number of hydrogen-bond donors (Lipinski definition) is 0. The predicted octanol–water partition coefficient (Wildman–Crippen LogP) is 13.1. The maximum absolute atomic E-state index is 10.9. The van der Waals surface area contributed by atoms with Gasteiger partial charge in [-0.3, -0.25) is 0 Å². The Balaban J connectivity index is 1.24. The molecule has 254 valence electrons. The first-order chi connectivity index (χ1) is 27.2. The highest BCUT2D eigenvalue weighted by Crippen LogP contribution is 2.44. The van der Waals surface area contributed by atoms with E-state index in [2.05, 4.69) is 170 Å². The minimum atomic E-state index is 0.584. The molecule has 11 rings (SSSR count). The zero-order chi connectivity index (χ0) is 36.6. The van der Waals surface area contributed by atoms with E-state index in [1.807, 2.05) is 30.3 Å². The standard InChI is InChI=1S/C50H29N5/c1-52-33-28-29-46-40(30-33)37-18-5-10-24-44(37)53(46)43-23-9-4-17-36(43)38-20-12-14-32(31-51)50(38)55-45-25-11-6-19-39(45)49-47(26-13-27-48(49)55)54-41-21-7-2-15-34(41)35-16-3-8-22-42(35)54/h2-30H. The van der Waals surface area contributed by atoms with Gasteiger partial charge in [-0.05, 0) is 66.0 Å². The number of hydrogen-bond acceptors (Lipinski definition) is 1. The van der Waals surface area contributed by atoms with Crippen LogP contribution in [0.2, 0.25) is 0 Å². The van der Waals surface area contributed by atoms with Crippen LogP contribution in [0.1, 0.15) is 5.56 Å². The summed E-state index contributed by atoms with van der Waals surface area (Å²) in [5, 5.41) is 17.6. The second kappa shape index (κ2) is 11.8. The second-order valence-electron chi connectivity index (χ2n) is 13.9. The van der Waals surface area contributed by atoms with Crippen molar-refractivity contribution in [3.05, 3.63) is 193 Å². The number of para-hydroxylation sites is 6. The molecule has 5 heteroatoms. The van der Waals surface area contributed by atoms with Crippen LogP contribution in [0, 0.1) is 17.9 Å². The maximum atomic E-state index is 10.9. The fourth-order valence-corrected chi connectivity index (χ4v) is 8.89. The fraction of sp³-hybridized carbons (Fsp3) is 0. The highest BCUT2D eigenvalue weighted by atomic mass is 15.0. The number of aromatic nitrogens is 3. The molecule has 0 aliphatic carbocycles. The normalized spacial score (nSPS) is 11.6. The average Bonchev–Trinajstić information content (AvgIpc) is 3.89. The number of rotatable bonds is 4. The fourth-order valence-electron chi connectivity index (χ4n) is 8.89. The lowest BCUT2D eigenvalue weighted by molar-refractivity contribution is 1.15. The Morgan fingerprint density at radius 2 is 0.909 bits per heavy atom. The number of benzene rings is 8. The van der Waals surface area contributed by atoms with Crippen LogP contribution < -0.4 is 0 Å². The average molecular weight is 700 g/mol. The molecule has 0 spiro atoms. The molecule has 0 bridgehead atoms. The zero-order valence-corrected chi connectivity index (χ0v) is 29.5.